The Bertz CT molecular complexity index is 3480. The van der Waals surface area contributed by atoms with Crippen LogP contribution in [0.2, 0.25) is 0 Å². The topological polar surface area (TPSA) is 278 Å². The Balaban J connectivity index is 0.000000231. The van der Waals surface area contributed by atoms with Gasteiger partial charge in [-0.3, -0.25) is 28.7 Å². The first-order valence-corrected chi connectivity index (χ1v) is 28.7. The van der Waals surface area contributed by atoms with Gasteiger partial charge in [-0.25, -0.2) is 36.8 Å². The summed E-state index contributed by atoms with van der Waals surface area (Å²) in [6.07, 6.45) is 10.9. The van der Waals surface area contributed by atoms with Crippen molar-refractivity contribution in [2.24, 2.45) is 0 Å². The molecule has 2 aromatic carbocycles. The molecule has 6 heterocycles. The number of ether oxygens (including phenoxy) is 4. The van der Waals surface area contributed by atoms with Crippen LogP contribution in [0.4, 0.5) is 0 Å². The van der Waals surface area contributed by atoms with Gasteiger partial charge in [0.25, 0.3) is 0 Å². The smallest absolute Gasteiger partial charge is 0.170 e. The molecule has 8 rings (SSSR count). The van der Waals surface area contributed by atoms with E-state index in [1.807, 2.05) is 77.9 Å². The summed E-state index contributed by atoms with van der Waals surface area (Å²) < 4.78 is 81.8. The first kappa shape index (κ1) is 59.6. The number of hydrogen-bond acceptors (Lipinski definition) is 20. The number of aryl methyl sites for hydroxylation is 6. The van der Waals surface area contributed by atoms with Gasteiger partial charge in [0, 0.05) is 60.7 Å². The number of pyridine rings is 2. The Morgan fingerprint density at radius 1 is 0.512 bits per heavy atom. The highest BCUT2D eigenvalue weighted by Crippen LogP contribution is 2.36. The van der Waals surface area contributed by atoms with Crippen molar-refractivity contribution in [3.8, 4) is 45.6 Å². The molecule has 80 heavy (non-hydrogen) atoms. The van der Waals surface area contributed by atoms with Gasteiger partial charge in [0.05, 0.1) is 36.1 Å². The van der Waals surface area contributed by atoms with Crippen LogP contribution in [-0.2, 0) is 50.2 Å². The zero-order valence-electron chi connectivity index (χ0n) is 46.6. The Morgan fingerprint density at radius 2 is 0.875 bits per heavy atom. The van der Waals surface area contributed by atoms with Gasteiger partial charge in [-0.1, -0.05) is 24.3 Å². The number of carbonyl (C=O) groups is 2. The van der Waals surface area contributed by atoms with Gasteiger partial charge in [0.1, 0.15) is 48.4 Å². The highest BCUT2D eigenvalue weighted by molar-refractivity contribution is 7.91. The van der Waals surface area contributed by atoms with E-state index in [-0.39, 0.29) is 48.1 Å². The molecule has 22 nitrogen and oxygen atoms in total. The Morgan fingerprint density at radius 3 is 1.20 bits per heavy atom. The van der Waals surface area contributed by atoms with Crippen LogP contribution in [-0.4, -0.2) is 126 Å². The fraction of sp³-hybridized carbons (Fsp3) is 0.357. The molecule has 0 amide bonds. The van der Waals surface area contributed by atoms with E-state index in [1.165, 1.54) is 27.7 Å². The lowest BCUT2D eigenvalue weighted by Crippen LogP contribution is -2.31. The van der Waals surface area contributed by atoms with Crippen molar-refractivity contribution in [3.05, 3.63) is 155 Å². The second-order valence-electron chi connectivity index (χ2n) is 19.4. The summed E-state index contributed by atoms with van der Waals surface area (Å²) in [7, 11) is -4.81. The molecule has 0 aliphatic carbocycles. The highest BCUT2D eigenvalue weighted by atomic mass is 32.2. The number of benzene rings is 2. The molecule has 4 atom stereocenters. The molecule has 24 heteroatoms. The number of nitrogens with zero attached hydrogens (tertiary/aromatic N) is 12. The summed E-state index contributed by atoms with van der Waals surface area (Å²) in [6.45, 7) is 16.5. The first-order chi connectivity index (χ1) is 38.0. The van der Waals surface area contributed by atoms with Gasteiger partial charge in [0.15, 0.2) is 66.2 Å². The maximum absolute atomic E-state index is 13.9. The molecule has 0 radical (unpaired) electrons. The molecular weight excluding hydrogens is 1060 g/mol. The molecule has 6 aromatic heterocycles. The van der Waals surface area contributed by atoms with Crippen molar-refractivity contribution < 1.29 is 45.4 Å². The van der Waals surface area contributed by atoms with Crippen molar-refractivity contribution in [2.75, 3.05) is 27.4 Å². The Labute approximate surface area is 465 Å². The van der Waals surface area contributed by atoms with E-state index >= 15 is 0 Å². The van der Waals surface area contributed by atoms with Gasteiger partial charge < -0.3 is 18.9 Å². The van der Waals surface area contributed by atoms with Crippen LogP contribution in [0.25, 0.3) is 34.2 Å². The maximum Gasteiger partial charge on any atom is 0.170 e. The molecule has 0 fully saturated rings. The fourth-order valence-corrected chi connectivity index (χ4v) is 11.3. The number of aromatic nitrogens is 12. The molecular formula is C56H64N12O10S2. The Kier molecular flexibility index (Phi) is 19.2. The number of rotatable bonds is 22. The third-order valence-electron chi connectivity index (χ3n) is 12.7. The third-order valence-corrected chi connectivity index (χ3v) is 16.8. The number of hydrogen-bond donors (Lipinski definition) is 0. The molecule has 0 bridgehead atoms. The summed E-state index contributed by atoms with van der Waals surface area (Å²) in [5.74, 6) is 1.21. The van der Waals surface area contributed by atoms with Crippen LogP contribution < -0.4 is 9.47 Å². The quantitative estimate of drug-likeness (QED) is 0.0638. The summed E-state index contributed by atoms with van der Waals surface area (Å²) >= 11 is 0. The van der Waals surface area contributed by atoms with E-state index in [0.29, 0.717) is 45.6 Å². The standard InChI is InChI=1S/2C28H32N6O5S/c2*1-17-10-22(14-29-11-17)28-33-32-24(34(28)25-19(3)8-7-9-23(25)38-6)16-40(36,37)21(5)26(39-15-20(4)35)27-30-12-18(2)13-31-27/h2*7-14,21,26H,15-16H2,1-6H3/t2*21-,26-/m10/s1. The lowest BCUT2D eigenvalue weighted by Gasteiger charge is -2.23. The van der Waals surface area contributed by atoms with E-state index in [9.17, 15) is 26.4 Å². The zero-order valence-corrected chi connectivity index (χ0v) is 48.3. The van der Waals surface area contributed by atoms with Crippen molar-refractivity contribution in [3.63, 3.8) is 0 Å². The fourth-order valence-electron chi connectivity index (χ4n) is 8.54. The summed E-state index contributed by atoms with van der Waals surface area (Å²) in [5.41, 5.74) is 7.70. The van der Waals surface area contributed by atoms with Gasteiger partial charge in [-0.15, -0.1) is 20.4 Å². The van der Waals surface area contributed by atoms with Crippen molar-refractivity contribution >= 4 is 31.2 Å². The van der Waals surface area contributed by atoms with Gasteiger partial charge in [-0.2, -0.15) is 0 Å². The minimum absolute atomic E-state index is 0.177. The SMILES string of the molecule is COc1cccc(C)c1-n1c(CS(=O)(=O)[C@@H](C)[C@H](OCC(C)=O)c2ncc(C)cn2)nnc1-c1cncc(C)c1.COc1cccc(C)c1-n1c(CS(=O)(=O)[C@H](C)[C@@H](OCC(C)=O)c2ncc(C)cn2)nnc1-c1cncc(C)c1. The molecule has 0 N–H and O–H groups in total. The number of Topliss-reactive ketones (excluding diaryl/α,β-unsaturated/α-hetero) is 2. The van der Waals surface area contributed by atoms with E-state index in [4.69, 9.17) is 18.9 Å². The summed E-state index contributed by atoms with van der Waals surface area (Å²) in [4.78, 5) is 49.1. The number of carbonyl (C=O) groups excluding carboxylic acids is 2. The molecule has 0 saturated carbocycles. The van der Waals surface area contributed by atoms with Crippen LogP contribution in [0.5, 0.6) is 11.5 Å². The van der Waals surface area contributed by atoms with Crippen LogP contribution in [0.1, 0.15) is 96.6 Å². The van der Waals surface area contributed by atoms with Gasteiger partial charge in [0.2, 0.25) is 0 Å². The van der Waals surface area contributed by atoms with E-state index < -0.39 is 53.9 Å². The molecule has 8 aromatic rings. The number of para-hydroxylation sites is 2. The molecule has 420 valence electrons. The van der Waals surface area contributed by atoms with Crippen molar-refractivity contribution in [2.45, 2.75) is 103 Å². The largest absolute Gasteiger partial charge is 0.495 e. The van der Waals surface area contributed by atoms with Crippen molar-refractivity contribution in [1.29, 1.82) is 0 Å². The average molecular weight is 1130 g/mol. The predicted octanol–water partition coefficient (Wildman–Crippen LogP) is 7.41. The monoisotopic (exact) mass is 1130 g/mol. The van der Waals surface area contributed by atoms with Crippen molar-refractivity contribution in [1.82, 2.24) is 59.4 Å². The van der Waals surface area contributed by atoms with Crippen LogP contribution in [0.15, 0.2) is 98.1 Å². The number of ketones is 2. The number of methoxy groups -OCH3 is 2. The third kappa shape index (κ3) is 14.0. The molecule has 0 unspecified atom stereocenters. The van der Waals surface area contributed by atoms with E-state index in [1.54, 1.807) is 85.1 Å². The first-order valence-electron chi connectivity index (χ1n) is 25.3. The van der Waals surface area contributed by atoms with E-state index in [0.717, 1.165) is 33.4 Å². The summed E-state index contributed by atoms with van der Waals surface area (Å²) in [5, 5.41) is 15.2. The lowest BCUT2D eigenvalue weighted by molar-refractivity contribution is -0.124. The second kappa shape index (κ2) is 25.8. The van der Waals surface area contributed by atoms with Gasteiger partial charge >= 0.3 is 0 Å². The highest BCUT2D eigenvalue weighted by Gasteiger charge is 2.38. The van der Waals surface area contributed by atoms with Crippen LogP contribution >= 0.6 is 0 Å². The molecule has 0 saturated heterocycles. The average Bonchev–Trinajstić information content (AvgIpc) is 4.04. The van der Waals surface area contributed by atoms with Crippen LogP contribution in [0.3, 0.4) is 0 Å². The maximum atomic E-state index is 13.9. The zero-order chi connectivity index (χ0) is 58.1. The molecule has 0 aliphatic heterocycles. The second-order valence-corrected chi connectivity index (χ2v) is 24.1. The predicted molar refractivity (Wildman–Crippen MR) is 298 cm³/mol. The number of sulfone groups is 2. The van der Waals surface area contributed by atoms with E-state index in [2.05, 4.69) is 50.3 Å². The minimum Gasteiger partial charge on any atom is -0.495 e. The lowest BCUT2D eigenvalue weighted by atomic mass is 10.1. The van der Waals surface area contributed by atoms with Crippen LogP contribution in [0, 0.1) is 41.5 Å². The molecule has 0 aliphatic rings. The van der Waals surface area contributed by atoms with Gasteiger partial charge in [-0.05, 0) is 127 Å². The summed E-state index contributed by atoms with van der Waals surface area (Å²) in [6, 6.07) is 14.9. The minimum atomic E-state index is -3.95. The normalized spacial score (nSPS) is 13.2. The Hall–Kier alpha value is -8.06. The molecule has 0 spiro atoms.